The van der Waals surface area contributed by atoms with Crippen LogP contribution in [0.25, 0.3) is 0 Å². The fourth-order valence-corrected chi connectivity index (χ4v) is 3.96. The number of nitrogens with one attached hydrogen (secondary N) is 1. The molecule has 3 atom stereocenters. The maximum Gasteiger partial charge on any atom is 0.263 e. The highest BCUT2D eigenvalue weighted by Crippen LogP contribution is 2.34. The third-order valence-corrected chi connectivity index (χ3v) is 5.56. The van der Waals surface area contributed by atoms with Crippen LogP contribution in [0.4, 0.5) is 5.69 Å². The quantitative estimate of drug-likeness (QED) is 0.852. The van der Waals surface area contributed by atoms with E-state index in [1.165, 1.54) is 0 Å². The number of carbonyl (C=O) groups excluding carboxylic acids is 1. The average Bonchev–Trinajstić information content (AvgIpc) is 2.71. The molecule has 4 rings (SSSR count). The summed E-state index contributed by atoms with van der Waals surface area (Å²) in [5, 5.41) is 13.2. The van der Waals surface area contributed by atoms with Crippen LogP contribution < -0.4 is 15.0 Å². The van der Waals surface area contributed by atoms with Gasteiger partial charge in [-0.15, -0.1) is 0 Å². The molecule has 148 valence electrons. The molecule has 1 unspecified atom stereocenters. The van der Waals surface area contributed by atoms with E-state index in [-0.39, 0.29) is 11.9 Å². The molecule has 0 bridgehead atoms. The molecule has 0 saturated heterocycles. The smallest absolute Gasteiger partial charge is 0.263 e. The van der Waals surface area contributed by atoms with Gasteiger partial charge in [0.25, 0.3) is 5.91 Å². The number of aliphatic hydroxyl groups excluding tert-OH is 1. The number of rotatable bonds is 4. The van der Waals surface area contributed by atoms with Crippen LogP contribution in [0.3, 0.4) is 0 Å². The lowest BCUT2D eigenvalue weighted by molar-refractivity contribution is -0.129. The van der Waals surface area contributed by atoms with Crippen LogP contribution in [-0.2, 0) is 11.3 Å². The molecule has 2 heterocycles. The Kier molecular flexibility index (Phi) is 5.48. The van der Waals surface area contributed by atoms with E-state index >= 15 is 0 Å². The molecule has 2 aliphatic rings. The van der Waals surface area contributed by atoms with E-state index in [4.69, 9.17) is 4.74 Å². The van der Waals surface area contributed by atoms with E-state index in [0.717, 1.165) is 42.6 Å². The van der Waals surface area contributed by atoms with Gasteiger partial charge in [0.2, 0.25) is 0 Å². The number of ether oxygens (including phenoxy) is 1. The molecule has 1 aliphatic carbocycles. The predicted octanol–water partition coefficient (Wildman–Crippen LogP) is 2.58. The Labute approximate surface area is 165 Å². The lowest BCUT2D eigenvalue weighted by atomic mass is 9.92. The topological polar surface area (TPSA) is 74.7 Å². The minimum absolute atomic E-state index is 0.160. The summed E-state index contributed by atoms with van der Waals surface area (Å²) in [5.41, 5.74) is 3.04. The molecule has 6 heteroatoms. The lowest BCUT2D eigenvalue weighted by Gasteiger charge is -2.37. The maximum atomic E-state index is 12.9. The van der Waals surface area contributed by atoms with Crippen molar-refractivity contribution in [2.45, 2.75) is 57.4 Å². The highest BCUT2D eigenvalue weighted by atomic mass is 16.5. The standard InChI is InChI=1S/C22H27N3O3/c1-15-10-11-16(12-23-15)13-25-14-21(28-20-9-5-3-7-18(20)25)22(27)24-17-6-2-4-8-19(17)26/h3,5,7,9-12,17,19,21,26H,2,4,6,8,13-14H2,1H3,(H,24,27)/t17-,19-,21?/m0/s1. The van der Waals surface area contributed by atoms with Gasteiger partial charge in [-0.1, -0.05) is 31.0 Å². The van der Waals surface area contributed by atoms with Crippen LogP contribution in [0.1, 0.15) is 36.9 Å². The van der Waals surface area contributed by atoms with Crippen molar-refractivity contribution in [3.8, 4) is 5.75 Å². The van der Waals surface area contributed by atoms with Gasteiger partial charge in [-0.2, -0.15) is 0 Å². The number of para-hydroxylation sites is 2. The molecular formula is C22H27N3O3. The fourth-order valence-electron chi connectivity index (χ4n) is 3.96. The Hall–Kier alpha value is -2.60. The first kappa shape index (κ1) is 18.7. The van der Waals surface area contributed by atoms with Crippen LogP contribution in [-0.4, -0.2) is 40.8 Å². The highest BCUT2D eigenvalue weighted by molar-refractivity contribution is 5.83. The number of anilines is 1. The van der Waals surface area contributed by atoms with E-state index in [1.807, 2.05) is 43.5 Å². The summed E-state index contributed by atoms with van der Waals surface area (Å²) < 4.78 is 6.01. The second kappa shape index (κ2) is 8.19. The molecule has 2 N–H and O–H groups in total. The van der Waals surface area contributed by atoms with Crippen LogP contribution in [0.5, 0.6) is 5.75 Å². The first-order valence-electron chi connectivity index (χ1n) is 10.0. The van der Waals surface area contributed by atoms with Crippen LogP contribution in [0, 0.1) is 6.92 Å². The first-order valence-corrected chi connectivity index (χ1v) is 10.0. The van der Waals surface area contributed by atoms with Crippen molar-refractivity contribution >= 4 is 11.6 Å². The number of hydrogen-bond donors (Lipinski definition) is 2. The number of fused-ring (bicyclic) bond motifs is 1. The van der Waals surface area contributed by atoms with Crippen molar-refractivity contribution in [2.24, 2.45) is 0 Å². The van der Waals surface area contributed by atoms with Gasteiger partial charge in [0, 0.05) is 18.4 Å². The monoisotopic (exact) mass is 381 g/mol. The molecule has 2 aromatic rings. The number of aliphatic hydroxyl groups is 1. The summed E-state index contributed by atoms with van der Waals surface area (Å²) in [6, 6.07) is 11.7. The number of pyridine rings is 1. The van der Waals surface area contributed by atoms with Crippen molar-refractivity contribution in [1.29, 1.82) is 0 Å². The molecule has 0 spiro atoms. The number of carbonyl (C=O) groups is 1. The minimum atomic E-state index is -0.609. The molecule has 1 amide bonds. The SMILES string of the molecule is Cc1ccc(CN2CC(C(=O)N[C@H]3CCCC[C@@H]3O)Oc3ccccc32)cn1. The van der Waals surface area contributed by atoms with Crippen molar-refractivity contribution in [2.75, 3.05) is 11.4 Å². The zero-order valence-corrected chi connectivity index (χ0v) is 16.2. The molecule has 0 radical (unpaired) electrons. The molecule has 6 nitrogen and oxygen atoms in total. The third-order valence-electron chi connectivity index (χ3n) is 5.56. The largest absolute Gasteiger partial charge is 0.477 e. The zero-order chi connectivity index (χ0) is 19.5. The summed E-state index contributed by atoms with van der Waals surface area (Å²) >= 11 is 0. The van der Waals surface area contributed by atoms with Crippen molar-refractivity contribution < 1.29 is 14.6 Å². The average molecular weight is 381 g/mol. The van der Waals surface area contributed by atoms with E-state index < -0.39 is 12.2 Å². The molecule has 1 aromatic carbocycles. The number of amides is 1. The van der Waals surface area contributed by atoms with E-state index in [9.17, 15) is 9.90 Å². The second-order valence-electron chi connectivity index (χ2n) is 7.73. The Morgan fingerprint density at radius 3 is 2.86 bits per heavy atom. The van der Waals surface area contributed by atoms with Gasteiger partial charge in [-0.3, -0.25) is 9.78 Å². The summed E-state index contributed by atoms with van der Waals surface area (Å²) in [5.74, 6) is 0.547. The fraction of sp³-hybridized carbons (Fsp3) is 0.455. The zero-order valence-electron chi connectivity index (χ0n) is 16.2. The Balaban J connectivity index is 1.50. The van der Waals surface area contributed by atoms with Gasteiger partial charge in [0.05, 0.1) is 24.4 Å². The van der Waals surface area contributed by atoms with Crippen molar-refractivity contribution in [3.05, 3.63) is 53.9 Å². The molecular weight excluding hydrogens is 354 g/mol. The number of aromatic nitrogens is 1. The highest BCUT2D eigenvalue weighted by Gasteiger charge is 2.33. The predicted molar refractivity (Wildman–Crippen MR) is 107 cm³/mol. The van der Waals surface area contributed by atoms with Gasteiger partial charge < -0.3 is 20.1 Å². The summed E-state index contributed by atoms with van der Waals surface area (Å²) in [7, 11) is 0. The Morgan fingerprint density at radius 1 is 1.25 bits per heavy atom. The van der Waals surface area contributed by atoms with Gasteiger partial charge >= 0.3 is 0 Å². The van der Waals surface area contributed by atoms with Crippen molar-refractivity contribution in [1.82, 2.24) is 10.3 Å². The lowest BCUT2D eigenvalue weighted by Crippen LogP contribution is -2.54. The van der Waals surface area contributed by atoms with Crippen LogP contribution in [0.15, 0.2) is 42.6 Å². The summed E-state index contributed by atoms with van der Waals surface area (Å²) in [6.07, 6.45) is 4.40. The number of aryl methyl sites for hydroxylation is 1. The van der Waals surface area contributed by atoms with Crippen LogP contribution >= 0.6 is 0 Å². The Morgan fingerprint density at radius 2 is 2.07 bits per heavy atom. The molecule has 1 aromatic heterocycles. The van der Waals surface area contributed by atoms with Gasteiger partial charge in [-0.25, -0.2) is 0 Å². The van der Waals surface area contributed by atoms with E-state index in [1.54, 1.807) is 0 Å². The van der Waals surface area contributed by atoms with E-state index in [0.29, 0.717) is 18.8 Å². The Bertz CT molecular complexity index is 824. The normalized spacial score (nSPS) is 24.2. The molecule has 28 heavy (non-hydrogen) atoms. The second-order valence-corrected chi connectivity index (χ2v) is 7.73. The third kappa shape index (κ3) is 4.12. The van der Waals surface area contributed by atoms with Crippen LogP contribution in [0.2, 0.25) is 0 Å². The van der Waals surface area contributed by atoms with Crippen molar-refractivity contribution in [3.63, 3.8) is 0 Å². The maximum absolute atomic E-state index is 12.9. The molecule has 1 aliphatic heterocycles. The number of benzene rings is 1. The molecule has 1 saturated carbocycles. The number of nitrogens with zero attached hydrogens (tertiary/aromatic N) is 2. The summed E-state index contributed by atoms with van der Waals surface area (Å²) in [4.78, 5) is 19.4. The van der Waals surface area contributed by atoms with E-state index in [2.05, 4.69) is 21.3 Å². The summed E-state index contributed by atoms with van der Waals surface area (Å²) in [6.45, 7) is 3.08. The van der Waals surface area contributed by atoms with Gasteiger partial charge in [0.1, 0.15) is 5.75 Å². The first-order chi connectivity index (χ1) is 13.6. The number of hydrogen-bond acceptors (Lipinski definition) is 5. The van der Waals surface area contributed by atoms with Gasteiger partial charge in [-0.05, 0) is 43.5 Å². The molecule has 1 fully saturated rings. The minimum Gasteiger partial charge on any atom is -0.477 e. The van der Waals surface area contributed by atoms with Gasteiger partial charge in [0.15, 0.2) is 6.10 Å².